The lowest BCUT2D eigenvalue weighted by molar-refractivity contribution is 0.0243. The van der Waals surface area contributed by atoms with Gasteiger partial charge >= 0.3 is 0 Å². The highest BCUT2D eigenvalue weighted by Crippen LogP contribution is 2.23. The van der Waals surface area contributed by atoms with Crippen LogP contribution in [-0.4, -0.2) is 49.7 Å². The normalized spacial score (nSPS) is 21.2. The summed E-state index contributed by atoms with van der Waals surface area (Å²) in [6.07, 6.45) is 2.24. The van der Waals surface area contributed by atoms with E-state index in [-0.39, 0.29) is 5.60 Å². The molecule has 0 bridgehead atoms. The summed E-state index contributed by atoms with van der Waals surface area (Å²) in [6, 6.07) is 9.13. The minimum atomic E-state index is -0.0739. The van der Waals surface area contributed by atoms with E-state index < -0.39 is 0 Å². The highest BCUT2D eigenvalue weighted by Gasteiger charge is 2.29. The molecule has 1 aliphatic rings. The van der Waals surface area contributed by atoms with Gasteiger partial charge in [0.05, 0.1) is 5.60 Å². The summed E-state index contributed by atoms with van der Waals surface area (Å²) < 4.78 is 5.83. The lowest BCUT2D eigenvalue weighted by atomic mass is 10.0. The van der Waals surface area contributed by atoms with E-state index in [0.29, 0.717) is 6.04 Å². The topological polar surface area (TPSA) is 48.9 Å². The summed E-state index contributed by atoms with van der Waals surface area (Å²) in [7, 11) is 3.98. The van der Waals surface area contributed by atoms with Gasteiger partial charge in [0.2, 0.25) is 0 Å². The second-order valence-electron chi connectivity index (χ2n) is 7.46. The minimum absolute atomic E-state index is 0.0739. The van der Waals surface area contributed by atoms with Gasteiger partial charge in [-0.2, -0.15) is 0 Å². The van der Waals surface area contributed by atoms with E-state index in [0.717, 1.165) is 45.0 Å². The van der Waals surface area contributed by atoms with Crippen molar-refractivity contribution in [1.82, 2.24) is 15.5 Å². The van der Waals surface area contributed by atoms with Crippen LogP contribution in [0, 0.1) is 0 Å². The molecule has 0 saturated carbocycles. The van der Waals surface area contributed by atoms with E-state index in [1.54, 1.807) is 0 Å². The average molecular weight is 347 g/mol. The Morgan fingerprint density at radius 2 is 2.00 bits per heavy atom. The SMILES string of the molecule is CN=C(NCc1ccccc1CN(C)C(C)C)NCC1(C)CCCO1. The van der Waals surface area contributed by atoms with E-state index >= 15 is 0 Å². The zero-order chi connectivity index (χ0) is 18.3. The number of aliphatic imine (C=N–C) groups is 1. The standard InChI is InChI=1S/C20H34N4O/c1-16(2)24(5)14-18-10-7-6-9-17(18)13-22-19(21-4)23-15-20(3)11-8-12-25-20/h6-7,9-10,16H,8,11-15H2,1-5H3,(H2,21,22,23). The average Bonchev–Trinajstić information content (AvgIpc) is 3.03. The van der Waals surface area contributed by atoms with Crippen molar-refractivity contribution in [2.75, 3.05) is 27.2 Å². The van der Waals surface area contributed by atoms with Crippen LogP contribution in [0.5, 0.6) is 0 Å². The third-order valence-electron chi connectivity index (χ3n) is 5.02. The van der Waals surface area contributed by atoms with Crippen molar-refractivity contribution < 1.29 is 4.74 Å². The van der Waals surface area contributed by atoms with Gasteiger partial charge in [-0.3, -0.25) is 9.89 Å². The zero-order valence-electron chi connectivity index (χ0n) is 16.4. The van der Waals surface area contributed by atoms with Crippen molar-refractivity contribution >= 4 is 5.96 Å². The van der Waals surface area contributed by atoms with Crippen molar-refractivity contribution in [3.05, 3.63) is 35.4 Å². The van der Waals surface area contributed by atoms with Crippen molar-refractivity contribution in [3.8, 4) is 0 Å². The second-order valence-corrected chi connectivity index (χ2v) is 7.46. The number of nitrogens with one attached hydrogen (secondary N) is 2. The fraction of sp³-hybridized carbons (Fsp3) is 0.650. The molecule has 1 saturated heterocycles. The molecule has 1 aromatic carbocycles. The Bertz CT molecular complexity index is 565. The van der Waals surface area contributed by atoms with E-state index in [1.165, 1.54) is 11.1 Å². The third-order valence-corrected chi connectivity index (χ3v) is 5.02. The Balaban J connectivity index is 1.90. The molecule has 25 heavy (non-hydrogen) atoms. The summed E-state index contributed by atoms with van der Waals surface area (Å²) in [5.74, 6) is 0.823. The molecule has 0 radical (unpaired) electrons. The smallest absolute Gasteiger partial charge is 0.191 e. The quantitative estimate of drug-likeness (QED) is 0.589. The molecule has 0 aromatic heterocycles. The van der Waals surface area contributed by atoms with Gasteiger partial charge in [-0.05, 0) is 51.8 Å². The van der Waals surface area contributed by atoms with Gasteiger partial charge in [-0.25, -0.2) is 0 Å². The van der Waals surface area contributed by atoms with Crippen LogP contribution < -0.4 is 10.6 Å². The van der Waals surface area contributed by atoms with E-state index in [2.05, 4.69) is 72.6 Å². The first-order chi connectivity index (χ1) is 11.9. The molecule has 2 rings (SSSR count). The maximum absolute atomic E-state index is 5.83. The first kappa shape index (κ1) is 19.7. The highest BCUT2D eigenvalue weighted by molar-refractivity contribution is 5.79. The van der Waals surface area contributed by atoms with Gasteiger partial charge in [0, 0.05) is 39.3 Å². The third kappa shape index (κ3) is 6.01. The monoisotopic (exact) mass is 346 g/mol. The Kier molecular flexibility index (Phi) is 7.26. The van der Waals surface area contributed by atoms with Crippen molar-refractivity contribution in [3.63, 3.8) is 0 Å². The van der Waals surface area contributed by atoms with Crippen LogP contribution in [0.4, 0.5) is 0 Å². The number of hydrogen-bond donors (Lipinski definition) is 2. The molecule has 5 heteroatoms. The number of hydrogen-bond acceptors (Lipinski definition) is 3. The summed E-state index contributed by atoms with van der Waals surface area (Å²) in [4.78, 5) is 6.69. The molecule has 1 heterocycles. The van der Waals surface area contributed by atoms with Crippen LogP contribution in [0.1, 0.15) is 44.7 Å². The lowest BCUT2D eigenvalue weighted by Crippen LogP contribution is -2.45. The summed E-state index contributed by atoms with van der Waals surface area (Å²) in [5.41, 5.74) is 2.59. The molecule has 140 valence electrons. The Morgan fingerprint density at radius 3 is 2.60 bits per heavy atom. The molecule has 1 unspecified atom stereocenters. The van der Waals surface area contributed by atoms with Crippen LogP contribution in [0.2, 0.25) is 0 Å². The van der Waals surface area contributed by atoms with Crippen LogP contribution in [0.25, 0.3) is 0 Å². The molecule has 1 fully saturated rings. The van der Waals surface area contributed by atoms with E-state index in [4.69, 9.17) is 4.74 Å². The minimum Gasteiger partial charge on any atom is -0.373 e. The van der Waals surface area contributed by atoms with Gasteiger partial charge in [-0.1, -0.05) is 24.3 Å². The van der Waals surface area contributed by atoms with E-state index in [9.17, 15) is 0 Å². The number of rotatable bonds is 7. The van der Waals surface area contributed by atoms with Crippen molar-refractivity contribution in [2.45, 2.75) is 58.3 Å². The summed E-state index contributed by atoms with van der Waals surface area (Å²) in [5, 5.41) is 6.84. The van der Waals surface area contributed by atoms with Crippen LogP contribution in [0.15, 0.2) is 29.3 Å². The fourth-order valence-electron chi connectivity index (χ4n) is 2.98. The molecule has 1 aliphatic heterocycles. The Labute approximate surface area is 152 Å². The summed E-state index contributed by atoms with van der Waals surface area (Å²) >= 11 is 0. The van der Waals surface area contributed by atoms with Gasteiger partial charge in [0.1, 0.15) is 0 Å². The number of benzene rings is 1. The lowest BCUT2D eigenvalue weighted by Gasteiger charge is -2.25. The molecule has 0 aliphatic carbocycles. The molecule has 1 aromatic rings. The van der Waals surface area contributed by atoms with Gasteiger partial charge in [0.25, 0.3) is 0 Å². The highest BCUT2D eigenvalue weighted by atomic mass is 16.5. The molecular weight excluding hydrogens is 312 g/mol. The Morgan fingerprint density at radius 1 is 1.28 bits per heavy atom. The molecule has 5 nitrogen and oxygen atoms in total. The zero-order valence-corrected chi connectivity index (χ0v) is 16.4. The predicted molar refractivity (Wildman–Crippen MR) is 105 cm³/mol. The van der Waals surface area contributed by atoms with Gasteiger partial charge in [0.15, 0.2) is 5.96 Å². The molecule has 2 N–H and O–H groups in total. The number of ether oxygens (including phenoxy) is 1. The fourth-order valence-corrected chi connectivity index (χ4v) is 2.98. The van der Waals surface area contributed by atoms with E-state index in [1.807, 2.05) is 7.05 Å². The first-order valence-corrected chi connectivity index (χ1v) is 9.29. The molecule has 0 amide bonds. The van der Waals surface area contributed by atoms with Crippen molar-refractivity contribution in [1.29, 1.82) is 0 Å². The number of guanidine groups is 1. The molecular formula is C20H34N4O. The van der Waals surface area contributed by atoms with Gasteiger partial charge in [-0.15, -0.1) is 0 Å². The maximum Gasteiger partial charge on any atom is 0.191 e. The summed E-state index contributed by atoms with van der Waals surface area (Å²) in [6.45, 7) is 9.96. The first-order valence-electron chi connectivity index (χ1n) is 9.29. The maximum atomic E-state index is 5.83. The van der Waals surface area contributed by atoms with Gasteiger partial charge < -0.3 is 15.4 Å². The largest absolute Gasteiger partial charge is 0.373 e. The second kappa shape index (κ2) is 9.20. The van der Waals surface area contributed by atoms with Crippen LogP contribution >= 0.6 is 0 Å². The van der Waals surface area contributed by atoms with Crippen molar-refractivity contribution in [2.24, 2.45) is 4.99 Å². The Hall–Kier alpha value is -1.59. The van der Waals surface area contributed by atoms with Crippen LogP contribution in [0.3, 0.4) is 0 Å². The number of nitrogens with zero attached hydrogens (tertiary/aromatic N) is 2. The molecule has 1 atom stereocenters. The molecule has 0 spiro atoms. The predicted octanol–water partition coefficient (Wildman–Crippen LogP) is 2.76. The van der Waals surface area contributed by atoms with Crippen LogP contribution in [-0.2, 0) is 17.8 Å².